The summed E-state index contributed by atoms with van der Waals surface area (Å²) in [6.07, 6.45) is 0.420. The van der Waals surface area contributed by atoms with Crippen LogP contribution in [0, 0.1) is 0 Å². The van der Waals surface area contributed by atoms with Gasteiger partial charge in [0.05, 0.1) is 19.1 Å². The zero-order valence-electron chi connectivity index (χ0n) is 11.0. The van der Waals surface area contributed by atoms with Gasteiger partial charge in [0.1, 0.15) is 0 Å². The summed E-state index contributed by atoms with van der Waals surface area (Å²) in [5.41, 5.74) is 4.43. The first-order valence-electron chi connectivity index (χ1n) is 6.29. The van der Waals surface area contributed by atoms with Crippen LogP contribution in [0.25, 0.3) is 11.1 Å². The van der Waals surface area contributed by atoms with Crippen LogP contribution in [0.5, 0.6) is 0 Å². The van der Waals surface area contributed by atoms with Crippen molar-refractivity contribution in [2.75, 3.05) is 12.4 Å². The Morgan fingerprint density at radius 2 is 1.80 bits per heavy atom. The molecule has 3 rings (SSSR count). The van der Waals surface area contributed by atoms with Crippen molar-refractivity contribution in [3.8, 4) is 11.1 Å². The maximum absolute atomic E-state index is 11.4. The number of benzene rings is 2. The fraction of sp³-hybridized carbons (Fsp3) is 0.125. The van der Waals surface area contributed by atoms with Gasteiger partial charge in [0.15, 0.2) is 0 Å². The molecule has 0 unspecified atom stereocenters. The Kier molecular flexibility index (Phi) is 2.99. The summed E-state index contributed by atoms with van der Waals surface area (Å²) in [5.74, 6) is -0.321. The van der Waals surface area contributed by atoms with Crippen LogP contribution < -0.4 is 5.32 Å². The third kappa shape index (κ3) is 2.16. The number of anilines is 1. The highest BCUT2D eigenvalue weighted by Crippen LogP contribution is 2.29. The molecule has 20 heavy (non-hydrogen) atoms. The molecule has 2 aromatic carbocycles. The molecule has 1 N–H and O–H groups in total. The molecule has 0 bridgehead atoms. The summed E-state index contributed by atoms with van der Waals surface area (Å²) in [5, 5.41) is 2.81. The molecule has 0 saturated carbocycles. The zero-order valence-corrected chi connectivity index (χ0v) is 11.0. The summed E-state index contributed by atoms with van der Waals surface area (Å²) < 4.78 is 4.67. The van der Waals surface area contributed by atoms with Gasteiger partial charge in [0, 0.05) is 5.69 Å². The van der Waals surface area contributed by atoms with Crippen molar-refractivity contribution in [2.24, 2.45) is 0 Å². The van der Waals surface area contributed by atoms with Gasteiger partial charge in [-0.3, -0.25) is 4.79 Å². The second kappa shape index (κ2) is 4.81. The molecule has 1 heterocycles. The fourth-order valence-electron chi connectivity index (χ4n) is 2.33. The second-order valence-corrected chi connectivity index (χ2v) is 4.67. The maximum atomic E-state index is 11.4. The van der Waals surface area contributed by atoms with Gasteiger partial charge in [-0.05, 0) is 41.0 Å². The minimum atomic E-state index is -0.347. The van der Waals surface area contributed by atoms with E-state index in [2.05, 4.69) is 10.1 Å². The van der Waals surface area contributed by atoms with Crippen LogP contribution in [0.4, 0.5) is 5.69 Å². The van der Waals surface area contributed by atoms with Crippen molar-refractivity contribution in [1.82, 2.24) is 0 Å². The normalized spacial score (nSPS) is 12.8. The number of methoxy groups -OCH3 is 1. The number of amides is 1. The Morgan fingerprint density at radius 1 is 1.10 bits per heavy atom. The third-order valence-electron chi connectivity index (χ3n) is 3.37. The molecule has 0 aliphatic carbocycles. The van der Waals surface area contributed by atoms with E-state index in [1.54, 1.807) is 12.1 Å². The summed E-state index contributed by atoms with van der Waals surface area (Å²) in [7, 11) is 1.36. The number of carbonyl (C=O) groups excluding carboxylic acids is 2. The number of ether oxygens (including phenoxy) is 1. The molecule has 4 nitrogen and oxygen atoms in total. The molecule has 0 saturated heterocycles. The van der Waals surface area contributed by atoms with Crippen molar-refractivity contribution in [3.05, 3.63) is 53.6 Å². The van der Waals surface area contributed by atoms with Crippen LogP contribution in [-0.4, -0.2) is 19.0 Å². The van der Waals surface area contributed by atoms with E-state index in [-0.39, 0.29) is 11.9 Å². The van der Waals surface area contributed by atoms with E-state index in [0.29, 0.717) is 12.0 Å². The molecule has 1 amide bonds. The topological polar surface area (TPSA) is 55.4 Å². The molecular formula is C16H13NO3. The Bertz CT molecular complexity index is 689. The average Bonchev–Trinajstić information content (AvgIpc) is 2.85. The number of nitrogens with one attached hydrogen (secondary N) is 1. The Hall–Kier alpha value is -2.62. The average molecular weight is 267 g/mol. The maximum Gasteiger partial charge on any atom is 0.337 e. The van der Waals surface area contributed by atoms with Crippen LogP contribution >= 0.6 is 0 Å². The molecule has 0 radical (unpaired) electrons. The zero-order chi connectivity index (χ0) is 14.1. The summed E-state index contributed by atoms with van der Waals surface area (Å²) in [6, 6.07) is 13.1. The number of esters is 1. The van der Waals surface area contributed by atoms with Crippen LogP contribution in [0.15, 0.2) is 42.5 Å². The molecule has 4 heteroatoms. The smallest absolute Gasteiger partial charge is 0.337 e. The van der Waals surface area contributed by atoms with Gasteiger partial charge in [0.25, 0.3) is 0 Å². The van der Waals surface area contributed by atoms with Crippen LogP contribution in [0.3, 0.4) is 0 Å². The Labute approximate surface area is 116 Å². The van der Waals surface area contributed by atoms with Crippen molar-refractivity contribution in [1.29, 1.82) is 0 Å². The lowest BCUT2D eigenvalue weighted by Crippen LogP contribution is -2.03. The summed E-state index contributed by atoms with van der Waals surface area (Å²) in [4.78, 5) is 22.7. The third-order valence-corrected chi connectivity index (χ3v) is 3.37. The second-order valence-electron chi connectivity index (χ2n) is 4.67. The predicted octanol–water partition coefficient (Wildman–Crippen LogP) is 2.63. The fourth-order valence-corrected chi connectivity index (χ4v) is 2.33. The lowest BCUT2D eigenvalue weighted by Gasteiger charge is -2.05. The standard InChI is InChI=1S/C16H13NO3/c1-20-16(19)11-4-2-10(3-5-11)12-6-7-14-13(8-12)9-15(18)17-14/h2-8H,9H2,1H3,(H,17,18). The molecule has 1 aliphatic heterocycles. The number of hydrogen-bond acceptors (Lipinski definition) is 3. The van der Waals surface area contributed by atoms with Crippen LogP contribution in [0.2, 0.25) is 0 Å². The first-order chi connectivity index (χ1) is 9.67. The van der Waals surface area contributed by atoms with Crippen molar-refractivity contribution in [2.45, 2.75) is 6.42 Å². The van der Waals surface area contributed by atoms with Crippen molar-refractivity contribution >= 4 is 17.6 Å². The molecule has 0 aromatic heterocycles. The highest BCUT2D eigenvalue weighted by atomic mass is 16.5. The quantitative estimate of drug-likeness (QED) is 0.851. The van der Waals surface area contributed by atoms with E-state index in [0.717, 1.165) is 22.4 Å². The van der Waals surface area contributed by atoms with E-state index in [1.807, 2.05) is 30.3 Å². The van der Waals surface area contributed by atoms with E-state index < -0.39 is 0 Å². The van der Waals surface area contributed by atoms with E-state index in [4.69, 9.17) is 0 Å². The number of fused-ring (bicyclic) bond motifs is 1. The van der Waals surface area contributed by atoms with Gasteiger partial charge in [-0.25, -0.2) is 4.79 Å². The highest BCUT2D eigenvalue weighted by Gasteiger charge is 2.17. The van der Waals surface area contributed by atoms with Gasteiger partial charge in [-0.1, -0.05) is 18.2 Å². The van der Waals surface area contributed by atoms with E-state index in [9.17, 15) is 9.59 Å². The summed E-state index contributed by atoms with van der Waals surface area (Å²) >= 11 is 0. The monoisotopic (exact) mass is 267 g/mol. The molecule has 0 fully saturated rings. The minimum Gasteiger partial charge on any atom is -0.465 e. The summed E-state index contributed by atoms with van der Waals surface area (Å²) in [6.45, 7) is 0. The SMILES string of the molecule is COC(=O)c1ccc(-c2ccc3c(c2)CC(=O)N3)cc1. The van der Waals surface area contributed by atoms with Gasteiger partial charge < -0.3 is 10.1 Å². The Balaban J connectivity index is 1.92. The first kappa shape index (κ1) is 12.4. The van der Waals surface area contributed by atoms with Gasteiger partial charge in [0.2, 0.25) is 5.91 Å². The molecule has 2 aromatic rings. The van der Waals surface area contributed by atoms with Gasteiger partial charge in [-0.2, -0.15) is 0 Å². The van der Waals surface area contributed by atoms with E-state index >= 15 is 0 Å². The number of carbonyl (C=O) groups is 2. The lowest BCUT2D eigenvalue weighted by molar-refractivity contribution is -0.115. The molecule has 100 valence electrons. The van der Waals surface area contributed by atoms with Gasteiger partial charge >= 0.3 is 5.97 Å². The highest BCUT2D eigenvalue weighted by molar-refractivity contribution is 5.99. The molecule has 0 spiro atoms. The predicted molar refractivity (Wildman–Crippen MR) is 75.6 cm³/mol. The molecule has 0 atom stereocenters. The largest absolute Gasteiger partial charge is 0.465 e. The lowest BCUT2D eigenvalue weighted by atomic mass is 10.0. The van der Waals surface area contributed by atoms with E-state index in [1.165, 1.54) is 7.11 Å². The minimum absolute atomic E-state index is 0.0261. The molecular weight excluding hydrogens is 254 g/mol. The van der Waals surface area contributed by atoms with Gasteiger partial charge in [-0.15, -0.1) is 0 Å². The van der Waals surface area contributed by atoms with Crippen LogP contribution in [-0.2, 0) is 16.0 Å². The Morgan fingerprint density at radius 3 is 2.50 bits per heavy atom. The van der Waals surface area contributed by atoms with Crippen LogP contribution in [0.1, 0.15) is 15.9 Å². The van der Waals surface area contributed by atoms with Crippen molar-refractivity contribution in [3.63, 3.8) is 0 Å². The number of hydrogen-bond donors (Lipinski definition) is 1. The number of rotatable bonds is 2. The van der Waals surface area contributed by atoms with Crippen molar-refractivity contribution < 1.29 is 14.3 Å². The first-order valence-corrected chi connectivity index (χ1v) is 6.29. The molecule has 1 aliphatic rings.